The van der Waals surface area contributed by atoms with Gasteiger partial charge in [-0.2, -0.15) is 0 Å². The topological polar surface area (TPSA) is 54.0 Å². The molecule has 4 aromatic rings. The monoisotopic (exact) mass is 574 g/mol. The van der Waals surface area contributed by atoms with Crippen molar-refractivity contribution in [2.24, 2.45) is 0 Å². The quantitative estimate of drug-likeness (QED) is 0.173. The molecule has 2 atom stereocenters. The first-order chi connectivity index (χ1) is 19.9. The Morgan fingerprint density at radius 1 is 0.780 bits per heavy atom. The van der Waals surface area contributed by atoms with Crippen LogP contribution in [-0.4, -0.2) is 58.0 Å². The van der Waals surface area contributed by atoms with E-state index in [-0.39, 0.29) is 5.92 Å². The van der Waals surface area contributed by atoms with Crippen LogP contribution < -0.4 is 10.1 Å². The molecule has 2 N–H and O–H groups in total. The number of nitrogens with one attached hydrogen (secondary N) is 1. The molecule has 2 unspecified atom stereocenters. The van der Waals surface area contributed by atoms with Crippen molar-refractivity contribution in [3.63, 3.8) is 0 Å². The van der Waals surface area contributed by atoms with Crippen molar-refractivity contribution < 1.29 is 14.6 Å². The summed E-state index contributed by atoms with van der Waals surface area (Å²) in [6, 6.07) is 35.5. The van der Waals surface area contributed by atoms with Gasteiger partial charge in [0.15, 0.2) is 0 Å². The van der Waals surface area contributed by atoms with Crippen LogP contribution in [0.2, 0.25) is 5.02 Å². The molecule has 0 radical (unpaired) electrons. The van der Waals surface area contributed by atoms with Gasteiger partial charge in [-0.05, 0) is 81.1 Å². The summed E-state index contributed by atoms with van der Waals surface area (Å²) in [5.74, 6) is 0.499. The summed E-state index contributed by atoms with van der Waals surface area (Å²) in [6.07, 6.45) is 0.612. The minimum absolute atomic E-state index is 0.279. The number of hydrogen-bond acceptors (Lipinski definition) is 5. The van der Waals surface area contributed by atoms with Gasteiger partial charge < -0.3 is 24.8 Å². The SMILES string of the molecule is CN(C)CCOc1ccc(C(O)(c2ccccc2)C(CCOCc2ccccc2)c2ccc(Cl)cc2)cc1.CNC. The van der Waals surface area contributed by atoms with E-state index in [1.54, 1.807) is 0 Å². The molecular weight excluding hydrogens is 532 g/mol. The van der Waals surface area contributed by atoms with Crippen molar-refractivity contribution in [3.8, 4) is 5.75 Å². The zero-order valence-corrected chi connectivity index (χ0v) is 25.4. The van der Waals surface area contributed by atoms with E-state index in [0.717, 1.165) is 34.5 Å². The third-order valence-corrected chi connectivity index (χ3v) is 7.01. The highest BCUT2D eigenvalue weighted by Gasteiger charge is 2.41. The summed E-state index contributed by atoms with van der Waals surface area (Å²) in [5, 5.41) is 16.1. The number of rotatable bonds is 13. The second-order valence-electron chi connectivity index (χ2n) is 10.2. The van der Waals surface area contributed by atoms with Gasteiger partial charge in [0.25, 0.3) is 0 Å². The zero-order valence-electron chi connectivity index (χ0n) is 24.6. The van der Waals surface area contributed by atoms with Gasteiger partial charge in [0, 0.05) is 24.1 Å². The highest BCUT2D eigenvalue weighted by Crippen LogP contribution is 2.45. The van der Waals surface area contributed by atoms with Crippen LogP contribution in [0.3, 0.4) is 0 Å². The molecule has 0 aliphatic heterocycles. The Hall–Kier alpha value is -3.19. The first kappa shape index (κ1) is 32.3. The normalized spacial score (nSPS) is 13.1. The van der Waals surface area contributed by atoms with E-state index in [9.17, 15) is 5.11 Å². The zero-order chi connectivity index (χ0) is 29.5. The molecule has 6 heteroatoms. The number of aliphatic hydroxyl groups is 1. The highest BCUT2D eigenvalue weighted by atomic mass is 35.5. The number of hydrogen-bond donors (Lipinski definition) is 2. The van der Waals surface area contributed by atoms with Crippen LogP contribution in [0.25, 0.3) is 0 Å². The molecule has 0 amide bonds. The molecule has 41 heavy (non-hydrogen) atoms. The lowest BCUT2D eigenvalue weighted by Crippen LogP contribution is -2.35. The van der Waals surface area contributed by atoms with Crippen LogP contribution in [0.1, 0.15) is 34.6 Å². The third-order valence-electron chi connectivity index (χ3n) is 6.75. The van der Waals surface area contributed by atoms with Gasteiger partial charge in [-0.1, -0.05) is 96.5 Å². The Labute approximate surface area is 250 Å². The van der Waals surface area contributed by atoms with E-state index >= 15 is 0 Å². The Morgan fingerprint density at radius 2 is 1.34 bits per heavy atom. The molecule has 4 aromatic carbocycles. The molecule has 0 saturated heterocycles. The maximum absolute atomic E-state index is 12.7. The predicted octanol–water partition coefficient (Wildman–Crippen LogP) is 6.74. The minimum Gasteiger partial charge on any atom is -0.492 e. The molecular formula is C35H43ClN2O3. The van der Waals surface area contributed by atoms with Crippen LogP contribution in [-0.2, 0) is 16.9 Å². The van der Waals surface area contributed by atoms with Crippen LogP contribution in [0.5, 0.6) is 5.75 Å². The number of ether oxygens (including phenoxy) is 2. The van der Waals surface area contributed by atoms with Crippen molar-refractivity contribution in [2.75, 3.05) is 47.9 Å². The standard InChI is InChI=1S/C33H36ClNO3.C2H7N/c1-35(2)22-24-38-31-19-15-29(16-20-31)33(36,28-11-7-4-8-12-28)32(27-13-17-30(34)18-14-27)21-23-37-25-26-9-5-3-6-10-26;1-3-2/h3-20,32,36H,21-25H2,1-2H3;3H,1-2H3. The summed E-state index contributed by atoms with van der Waals surface area (Å²) < 4.78 is 12.0. The fraction of sp³-hybridized carbons (Fsp3) is 0.314. The molecule has 5 nitrogen and oxygen atoms in total. The van der Waals surface area contributed by atoms with Crippen molar-refractivity contribution in [1.82, 2.24) is 10.2 Å². The number of benzene rings is 4. The first-order valence-electron chi connectivity index (χ1n) is 14.0. The van der Waals surface area contributed by atoms with Gasteiger partial charge >= 0.3 is 0 Å². The van der Waals surface area contributed by atoms with Crippen LogP contribution >= 0.6 is 11.6 Å². The Bertz CT molecular complexity index is 1250. The molecule has 0 spiro atoms. The lowest BCUT2D eigenvalue weighted by atomic mass is 9.71. The van der Waals surface area contributed by atoms with Gasteiger partial charge in [-0.25, -0.2) is 0 Å². The molecule has 0 aromatic heterocycles. The lowest BCUT2D eigenvalue weighted by molar-refractivity contribution is 0.0275. The summed E-state index contributed by atoms with van der Waals surface area (Å²) in [4.78, 5) is 2.08. The van der Waals surface area contributed by atoms with E-state index in [2.05, 4.69) is 22.3 Å². The molecule has 0 bridgehead atoms. The Morgan fingerprint density at radius 3 is 1.93 bits per heavy atom. The minimum atomic E-state index is -1.30. The van der Waals surface area contributed by atoms with E-state index in [4.69, 9.17) is 21.1 Å². The molecule has 0 aliphatic rings. The number of likely N-dealkylation sites (N-methyl/N-ethyl adjacent to an activating group) is 1. The largest absolute Gasteiger partial charge is 0.492 e. The van der Waals surface area contributed by atoms with Gasteiger partial charge in [-0.15, -0.1) is 0 Å². The van der Waals surface area contributed by atoms with Crippen molar-refractivity contribution in [3.05, 3.63) is 136 Å². The van der Waals surface area contributed by atoms with E-state index in [0.29, 0.717) is 31.3 Å². The molecule has 0 heterocycles. The molecule has 4 rings (SSSR count). The van der Waals surface area contributed by atoms with Crippen molar-refractivity contribution in [1.29, 1.82) is 0 Å². The van der Waals surface area contributed by atoms with Gasteiger partial charge in [-0.3, -0.25) is 0 Å². The van der Waals surface area contributed by atoms with Crippen LogP contribution in [0.4, 0.5) is 0 Å². The highest BCUT2D eigenvalue weighted by molar-refractivity contribution is 6.30. The molecule has 0 saturated carbocycles. The fourth-order valence-electron chi connectivity index (χ4n) is 4.69. The van der Waals surface area contributed by atoms with E-state index in [1.807, 2.05) is 125 Å². The fourth-order valence-corrected chi connectivity index (χ4v) is 4.82. The van der Waals surface area contributed by atoms with Crippen molar-refractivity contribution in [2.45, 2.75) is 24.5 Å². The van der Waals surface area contributed by atoms with Gasteiger partial charge in [0.05, 0.1) is 6.61 Å². The third kappa shape index (κ3) is 9.70. The predicted molar refractivity (Wildman–Crippen MR) is 170 cm³/mol. The average molecular weight is 575 g/mol. The Balaban J connectivity index is 0.00000147. The van der Waals surface area contributed by atoms with Gasteiger partial charge in [0.2, 0.25) is 0 Å². The summed E-state index contributed by atoms with van der Waals surface area (Å²) >= 11 is 6.23. The first-order valence-corrected chi connectivity index (χ1v) is 14.4. The summed E-state index contributed by atoms with van der Waals surface area (Å²) in [7, 11) is 7.79. The van der Waals surface area contributed by atoms with Crippen LogP contribution in [0, 0.1) is 0 Å². The molecule has 218 valence electrons. The van der Waals surface area contributed by atoms with E-state index in [1.165, 1.54) is 0 Å². The smallest absolute Gasteiger partial charge is 0.121 e. The molecule has 0 fully saturated rings. The van der Waals surface area contributed by atoms with Gasteiger partial charge in [0.1, 0.15) is 18.0 Å². The van der Waals surface area contributed by atoms with E-state index < -0.39 is 5.60 Å². The lowest BCUT2D eigenvalue weighted by Gasteiger charge is -2.38. The second kappa shape index (κ2) is 16.9. The Kier molecular flexibility index (Phi) is 13.3. The molecule has 0 aliphatic carbocycles. The second-order valence-corrected chi connectivity index (χ2v) is 10.7. The van der Waals surface area contributed by atoms with Crippen LogP contribution in [0.15, 0.2) is 109 Å². The maximum Gasteiger partial charge on any atom is 0.121 e. The number of nitrogens with zero attached hydrogens (tertiary/aromatic N) is 1. The number of halogens is 1. The van der Waals surface area contributed by atoms with Crippen molar-refractivity contribution >= 4 is 11.6 Å². The average Bonchev–Trinajstić information content (AvgIpc) is 2.99. The summed E-state index contributed by atoms with van der Waals surface area (Å²) in [6.45, 7) is 2.44. The maximum atomic E-state index is 12.7. The summed E-state index contributed by atoms with van der Waals surface area (Å²) in [5.41, 5.74) is 2.44.